The van der Waals surface area contributed by atoms with Crippen molar-refractivity contribution < 1.29 is 9.59 Å². The third-order valence-corrected chi connectivity index (χ3v) is 6.48. The number of hydrogen-bond donors (Lipinski definition) is 0. The number of Topliss-reactive ketones (excluding diaryl/α,β-unsaturated/α-hetero) is 1. The summed E-state index contributed by atoms with van der Waals surface area (Å²) >= 11 is 0. The number of nitrogens with zero attached hydrogens (tertiary/aromatic N) is 1. The van der Waals surface area contributed by atoms with Gasteiger partial charge in [0.15, 0.2) is 0 Å². The number of allylic oxidation sites excluding steroid dienone is 1. The van der Waals surface area contributed by atoms with Gasteiger partial charge in [0.1, 0.15) is 5.78 Å². The Kier molecular flexibility index (Phi) is 3.20. The Bertz CT molecular complexity index is 503. The summed E-state index contributed by atoms with van der Waals surface area (Å²) in [5, 5.41) is 0. The second kappa shape index (κ2) is 4.96. The molecule has 0 radical (unpaired) electrons. The Morgan fingerprint density at radius 3 is 2.71 bits per heavy atom. The van der Waals surface area contributed by atoms with Gasteiger partial charge in [0.25, 0.3) is 0 Å². The Hall–Kier alpha value is -1.12. The second-order valence-corrected chi connectivity index (χ2v) is 7.52. The average molecular weight is 287 g/mol. The van der Waals surface area contributed by atoms with E-state index < -0.39 is 0 Å². The van der Waals surface area contributed by atoms with E-state index >= 15 is 0 Å². The molecule has 1 amide bonds. The number of carbonyl (C=O) groups excluding carboxylic acids is 2. The summed E-state index contributed by atoms with van der Waals surface area (Å²) < 4.78 is 0. The molecule has 1 unspecified atom stereocenters. The molecule has 0 aromatic heterocycles. The van der Waals surface area contributed by atoms with Crippen LogP contribution in [0.15, 0.2) is 11.6 Å². The highest BCUT2D eigenvalue weighted by Crippen LogP contribution is 2.59. The first-order valence-electron chi connectivity index (χ1n) is 8.73. The lowest BCUT2D eigenvalue weighted by molar-refractivity contribution is -0.134. The Morgan fingerprint density at radius 1 is 1.19 bits per heavy atom. The van der Waals surface area contributed by atoms with E-state index in [2.05, 4.69) is 6.08 Å². The molecule has 3 atom stereocenters. The summed E-state index contributed by atoms with van der Waals surface area (Å²) in [5.41, 5.74) is 0.794. The van der Waals surface area contributed by atoms with Crippen LogP contribution in [0, 0.1) is 17.3 Å². The topological polar surface area (TPSA) is 37.4 Å². The summed E-state index contributed by atoms with van der Waals surface area (Å²) in [6.07, 6.45) is 11.7. The van der Waals surface area contributed by atoms with Gasteiger partial charge in [-0.05, 0) is 63.7 Å². The van der Waals surface area contributed by atoms with Crippen LogP contribution in [0.3, 0.4) is 0 Å². The fourth-order valence-electron chi connectivity index (χ4n) is 5.36. The number of hydrogen-bond acceptors (Lipinski definition) is 2. The lowest BCUT2D eigenvalue weighted by Gasteiger charge is -2.40. The maximum Gasteiger partial charge on any atom is 0.249 e. The molecular formula is C18H25NO2. The van der Waals surface area contributed by atoms with Gasteiger partial charge in [-0.15, -0.1) is 0 Å². The molecule has 1 spiro atoms. The monoisotopic (exact) mass is 287 g/mol. The standard InChI is InChI=1S/C18H25NO2/c20-16-13-6-7-15(11-13)18(16)8-4-5-14(12-18)17(21)19-9-2-1-3-10-19/h5,13,15H,1-4,6-12H2/t13-,15+,18?/m1/s1. The molecule has 3 fully saturated rings. The van der Waals surface area contributed by atoms with Crippen LogP contribution in [0.4, 0.5) is 0 Å². The molecule has 3 nitrogen and oxygen atoms in total. The van der Waals surface area contributed by atoms with Crippen LogP contribution in [0.2, 0.25) is 0 Å². The molecule has 114 valence electrons. The van der Waals surface area contributed by atoms with Crippen molar-refractivity contribution >= 4 is 11.7 Å². The number of ketones is 1. The highest BCUT2D eigenvalue weighted by Gasteiger charge is 2.58. The van der Waals surface area contributed by atoms with E-state index in [-0.39, 0.29) is 11.3 Å². The predicted molar refractivity (Wildman–Crippen MR) is 80.6 cm³/mol. The molecule has 4 rings (SSSR count). The third kappa shape index (κ3) is 2.00. The molecule has 0 N–H and O–H groups in total. The summed E-state index contributed by atoms with van der Waals surface area (Å²) in [6, 6.07) is 0. The van der Waals surface area contributed by atoms with E-state index in [1.807, 2.05) is 4.90 Å². The number of amides is 1. The number of piperidine rings is 1. The third-order valence-electron chi connectivity index (χ3n) is 6.48. The zero-order valence-corrected chi connectivity index (χ0v) is 12.8. The molecule has 21 heavy (non-hydrogen) atoms. The minimum atomic E-state index is -0.154. The van der Waals surface area contributed by atoms with Crippen molar-refractivity contribution in [1.29, 1.82) is 0 Å². The van der Waals surface area contributed by atoms with Crippen LogP contribution in [-0.4, -0.2) is 29.7 Å². The molecule has 4 aliphatic rings. The average Bonchev–Trinajstić information content (AvgIpc) is 3.11. The van der Waals surface area contributed by atoms with E-state index in [1.54, 1.807) is 0 Å². The van der Waals surface area contributed by atoms with Gasteiger partial charge in [-0.1, -0.05) is 6.08 Å². The quantitative estimate of drug-likeness (QED) is 0.743. The molecule has 3 aliphatic carbocycles. The maximum absolute atomic E-state index is 12.8. The van der Waals surface area contributed by atoms with Gasteiger partial charge in [0.05, 0.1) is 0 Å². The minimum Gasteiger partial charge on any atom is -0.339 e. The summed E-state index contributed by atoms with van der Waals surface area (Å²) in [5.74, 6) is 1.60. The van der Waals surface area contributed by atoms with Crippen molar-refractivity contribution in [2.45, 2.75) is 57.8 Å². The molecule has 3 heteroatoms. The van der Waals surface area contributed by atoms with Crippen LogP contribution in [0.25, 0.3) is 0 Å². The van der Waals surface area contributed by atoms with Crippen LogP contribution >= 0.6 is 0 Å². The highest BCUT2D eigenvalue weighted by molar-refractivity contribution is 5.97. The van der Waals surface area contributed by atoms with Gasteiger partial charge in [0.2, 0.25) is 5.91 Å². The summed E-state index contributed by atoms with van der Waals surface area (Å²) in [7, 11) is 0. The first kappa shape index (κ1) is 13.5. The molecule has 0 aromatic rings. The Morgan fingerprint density at radius 2 is 2.00 bits per heavy atom. The largest absolute Gasteiger partial charge is 0.339 e. The van der Waals surface area contributed by atoms with Crippen LogP contribution in [-0.2, 0) is 9.59 Å². The Labute approximate surface area is 126 Å². The molecule has 1 aliphatic heterocycles. The van der Waals surface area contributed by atoms with Gasteiger partial charge in [-0.2, -0.15) is 0 Å². The van der Waals surface area contributed by atoms with Crippen LogP contribution in [0.1, 0.15) is 57.8 Å². The maximum atomic E-state index is 12.8. The summed E-state index contributed by atoms with van der Waals surface area (Å²) in [6.45, 7) is 1.81. The fourth-order valence-corrected chi connectivity index (χ4v) is 5.36. The normalized spacial score (nSPS) is 39.0. The molecule has 1 heterocycles. The van der Waals surface area contributed by atoms with Crippen molar-refractivity contribution in [3.8, 4) is 0 Å². The van der Waals surface area contributed by atoms with Gasteiger partial charge in [-0.3, -0.25) is 9.59 Å². The van der Waals surface area contributed by atoms with Crippen molar-refractivity contribution in [2.24, 2.45) is 17.3 Å². The Balaban J connectivity index is 1.54. The molecule has 2 saturated carbocycles. The van der Waals surface area contributed by atoms with E-state index in [9.17, 15) is 9.59 Å². The fraction of sp³-hybridized carbons (Fsp3) is 0.778. The molecule has 1 saturated heterocycles. The van der Waals surface area contributed by atoms with Gasteiger partial charge >= 0.3 is 0 Å². The van der Waals surface area contributed by atoms with Gasteiger partial charge in [-0.25, -0.2) is 0 Å². The lowest BCUT2D eigenvalue weighted by atomic mass is 9.63. The van der Waals surface area contributed by atoms with Crippen molar-refractivity contribution in [3.63, 3.8) is 0 Å². The zero-order chi connectivity index (χ0) is 14.4. The van der Waals surface area contributed by atoms with E-state index in [0.29, 0.717) is 17.6 Å². The van der Waals surface area contributed by atoms with Crippen LogP contribution < -0.4 is 0 Å². The number of likely N-dealkylation sites (tertiary alicyclic amines) is 1. The van der Waals surface area contributed by atoms with Crippen molar-refractivity contribution in [2.75, 3.05) is 13.1 Å². The number of rotatable bonds is 1. The second-order valence-electron chi connectivity index (χ2n) is 7.52. The number of carbonyl (C=O) groups is 2. The van der Waals surface area contributed by atoms with E-state index in [4.69, 9.17) is 0 Å². The molecule has 0 aromatic carbocycles. The first-order chi connectivity index (χ1) is 10.2. The molecule has 2 bridgehead atoms. The van der Waals surface area contributed by atoms with Crippen LogP contribution in [0.5, 0.6) is 0 Å². The van der Waals surface area contributed by atoms with Crippen molar-refractivity contribution in [1.82, 2.24) is 4.90 Å². The van der Waals surface area contributed by atoms with Crippen molar-refractivity contribution in [3.05, 3.63) is 11.6 Å². The number of fused-ring (bicyclic) bond motifs is 3. The van der Waals surface area contributed by atoms with Gasteiger partial charge in [0, 0.05) is 30.0 Å². The SMILES string of the molecule is O=C(C1=CCCC2(C1)C(=O)[C@@H]1CC[C@H]2C1)N1CCCCC1. The lowest BCUT2D eigenvalue weighted by Crippen LogP contribution is -2.43. The van der Waals surface area contributed by atoms with Gasteiger partial charge < -0.3 is 4.90 Å². The highest BCUT2D eigenvalue weighted by atomic mass is 16.2. The molecular weight excluding hydrogens is 262 g/mol. The minimum absolute atomic E-state index is 0.154. The zero-order valence-electron chi connectivity index (χ0n) is 12.8. The first-order valence-corrected chi connectivity index (χ1v) is 8.73. The van der Waals surface area contributed by atoms with E-state index in [1.165, 1.54) is 12.8 Å². The predicted octanol–water partition coefficient (Wildman–Crippen LogP) is 3.09. The summed E-state index contributed by atoms with van der Waals surface area (Å²) in [4.78, 5) is 27.5. The smallest absolute Gasteiger partial charge is 0.249 e. The van der Waals surface area contributed by atoms with E-state index in [0.717, 1.165) is 63.6 Å².